The Balaban J connectivity index is 2.35. The number of rotatable bonds is 7. The molecule has 2 rings (SSSR count). The van der Waals surface area contributed by atoms with E-state index in [0.717, 1.165) is 0 Å². The molecule has 0 spiro atoms. The predicted octanol–water partition coefficient (Wildman–Crippen LogP) is 4.12. The predicted molar refractivity (Wildman–Crippen MR) is 107 cm³/mol. The van der Waals surface area contributed by atoms with Gasteiger partial charge in [-0.25, -0.2) is 4.79 Å². The van der Waals surface area contributed by atoms with Gasteiger partial charge in [0.1, 0.15) is 0 Å². The number of carbonyl (C=O) groups excluding carboxylic acids is 2. The Morgan fingerprint density at radius 2 is 1.71 bits per heavy atom. The lowest BCUT2D eigenvalue weighted by Gasteiger charge is -2.22. The van der Waals surface area contributed by atoms with E-state index < -0.39 is 12.1 Å². The van der Waals surface area contributed by atoms with Crippen LogP contribution in [0.1, 0.15) is 35.9 Å². The maximum atomic E-state index is 12.8. The molecule has 0 aliphatic heterocycles. The van der Waals surface area contributed by atoms with Crippen LogP contribution >= 0.6 is 11.6 Å². The van der Waals surface area contributed by atoms with E-state index in [9.17, 15) is 9.59 Å². The lowest BCUT2D eigenvalue weighted by Crippen LogP contribution is -2.31. The third kappa shape index (κ3) is 5.16. The second-order valence-corrected chi connectivity index (χ2v) is 6.99. The van der Waals surface area contributed by atoms with Crippen LogP contribution < -0.4 is 9.47 Å². The number of methoxy groups -OCH3 is 1. The van der Waals surface area contributed by atoms with Gasteiger partial charge in [-0.3, -0.25) is 4.79 Å². The number of amides is 1. The fourth-order valence-corrected chi connectivity index (χ4v) is 2.74. The molecule has 0 radical (unpaired) electrons. The molecule has 7 heteroatoms. The molecule has 1 atom stereocenters. The molecule has 0 saturated carbocycles. The van der Waals surface area contributed by atoms with Crippen molar-refractivity contribution >= 4 is 23.5 Å². The molecule has 0 heterocycles. The van der Waals surface area contributed by atoms with Crippen molar-refractivity contribution in [2.24, 2.45) is 0 Å². The number of halogens is 1. The van der Waals surface area contributed by atoms with Gasteiger partial charge < -0.3 is 19.1 Å². The molecule has 0 N–H and O–H groups in total. The molecule has 0 aliphatic rings. The van der Waals surface area contributed by atoms with Crippen LogP contribution in [0.2, 0.25) is 5.02 Å². The van der Waals surface area contributed by atoms with Crippen LogP contribution in [0.25, 0.3) is 0 Å². The summed E-state index contributed by atoms with van der Waals surface area (Å²) in [4.78, 5) is 26.7. The quantitative estimate of drug-likeness (QED) is 0.648. The average Bonchev–Trinajstić information content (AvgIpc) is 2.67. The lowest BCUT2D eigenvalue weighted by molar-refractivity contribution is -0.138. The molecule has 6 nitrogen and oxygen atoms in total. The van der Waals surface area contributed by atoms with Crippen molar-refractivity contribution in [1.82, 2.24) is 4.90 Å². The third-order valence-corrected chi connectivity index (χ3v) is 4.09. The van der Waals surface area contributed by atoms with Crippen molar-refractivity contribution in [2.75, 3.05) is 21.2 Å². The lowest BCUT2D eigenvalue weighted by atomic mass is 10.1. The van der Waals surface area contributed by atoms with Crippen LogP contribution in [0.5, 0.6) is 11.5 Å². The molecule has 0 fully saturated rings. The average molecular weight is 406 g/mol. The van der Waals surface area contributed by atoms with Crippen molar-refractivity contribution in [3.05, 3.63) is 58.6 Å². The SMILES string of the molecule is COc1cc(C(=O)OC(C(=O)N(C)C)c2ccccc2)cc(Cl)c1OC(C)C. The van der Waals surface area contributed by atoms with Gasteiger partial charge in [0.15, 0.2) is 11.5 Å². The zero-order chi connectivity index (χ0) is 20.8. The highest BCUT2D eigenvalue weighted by molar-refractivity contribution is 6.32. The van der Waals surface area contributed by atoms with Gasteiger partial charge in [0, 0.05) is 19.7 Å². The van der Waals surface area contributed by atoms with Gasteiger partial charge in [-0.05, 0) is 26.0 Å². The number of likely N-dealkylation sites (N-methyl/N-ethyl adjacent to an activating group) is 1. The first-order valence-electron chi connectivity index (χ1n) is 8.75. The summed E-state index contributed by atoms with van der Waals surface area (Å²) in [6, 6.07) is 11.7. The molecular weight excluding hydrogens is 382 g/mol. The summed E-state index contributed by atoms with van der Waals surface area (Å²) in [5.41, 5.74) is 0.734. The minimum Gasteiger partial charge on any atom is -0.493 e. The van der Waals surface area contributed by atoms with Crippen LogP contribution in [0.15, 0.2) is 42.5 Å². The van der Waals surface area contributed by atoms with Crippen molar-refractivity contribution in [2.45, 2.75) is 26.1 Å². The number of benzene rings is 2. The largest absolute Gasteiger partial charge is 0.493 e. The number of carbonyl (C=O) groups is 2. The summed E-state index contributed by atoms with van der Waals surface area (Å²) in [6.45, 7) is 3.71. The Morgan fingerprint density at radius 3 is 2.25 bits per heavy atom. The zero-order valence-corrected chi connectivity index (χ0v) is 17.3. The Hall–Kier alpha value is -2.73. The van der Waals surface area contributed by atoms with E-state index in [2.05, 4.69) is 0 Å². The number of hydrogen-bond acceptors (Lipinski definition) is 5. The Labute approximate surface area is 169 Å². The Bertz CT molecular complexity index is 836. The van der Waals surface area contributed by atoms with E-state index in [-0.39, 0.29) is 22.6 Å². The fraction of sp³-hybridized carbons (Fsp3) is 0.333. The molecule has 0 saturated heterocycles. The summed E-state index contributed by atoms with van der Waals surface area (Å²) in [5, 5.41) is 0.218. The first-order valence-corrected chi connectivity index (χ1v) is 9.13. The highest BCUT2D eigenvalue weighted by atomic mass is 35.5. The zero-order valence-electron chi connectivity index (χ0n) is 16.6. The summed E-state index contributed by atoms with van der Waals surface area (Å²) in [6.07, 6.45) is -1.19. The summed E-state index contributed by atoms with van der Waals surface area (Å²) >= 11 is 6.28. The second-order valence-electron chi connectivity index (χ2n) is 6.58. The number of nitrogens with zero attached hydrogens (tertiary/aromatic N) is 1. The molecule has 2 aromatic rings. The van der Waals surface area contributed by atoms with Crippen molar-refractivity contribution < 1.29 is 23.8 Å². The molecule has 2 aromatic carbocycles. The normalized spacial score (nSPS) is 11.7. The van der Waals surface area contributed by atoms with Crippen LogP contribution in [-0.2, 0) is 9.53 Å². The monoisotopic (exact) mass is 405 g/mol. The summed E-state index contributed by atoms with van der Waals surface area (Å²) in [5.74, 6) is -0.388. The molecule has 1 unspecified atom stereocenters. The minimum atomic E-state index is -1.07. The van der Waals surface area contributed by atoms with Gasteiger partial charge in [0.05, 0.1) is 23.8 Å². The first-order chi connectivity index (χ1) is 13.2. The molecular formula is C21H24ClNO5. The van der Waals surface area contributed by atoms with Gasteiger partial charge >= 0.3 is 5.97 Å². The van der Waals surface area contributed by atoms with Gasteiger partial charge in [-0.1, -0.05) is 41.9 Å². The van der Waals surface area contributed by atoms with Gasteiger partial charge in [-0.15, -0.1) is 0 Å². The van der Waals surface area contributed by atoms with E-state index in [1.165, 1.54) is 24.1 Å². The van der Waals surface area contributed by atoms with Gasteiger partial charge in [0.2, 0.25) is 6.10 Å². The molecule has 0 aliphatic carbocycles. The molecule has 150 valence electrons. The van der Waals surface area contributed by atoms with Crippen molar-refractivity contribution in [3.63, 3.8) is 0 Å². The smallest absolute Gasteiger partial charge is 0.339 e. The van der Waals surface area contributed by atoms with Crippen LogP contribution in [0.4, 0.5) is 0 Å². The fourth-order valence-electron chi connectivity index (χ4n) is 2.49. The van der Waals surface area contributed by atoms with Crippen LogP contribution in [0, 0.1) is 0 Å². The second kappa shape index (κ2) is 9.46. The Morgan fingerprint density at radius 1 is 1.07 bits per heavy atom. The number of ether oxygens (including phenoxy) is 3. The van der Waals surface area contributed by atoms with E-state index in [1.54, 1.807) is 38.4 Å². The standard InChI is InChI=1S/C21H24ClNO5/c1-13(2)27-19-16(22)11-15(12-17(19)26-5)21(25)28-18(20(24)23(3)4)14-9-7-6-8-10-14/h6-13,18H,1-5H3. The third-order valence-electron chi connectivity index (χ3n) is 3.81. The highest BCUT2D eigenvalue weighted by Gasteiger charge is 2.28. The Kier molecular flexibility index (Phi) is 7.29. The van der Waals surface area contributed by atoms with Crippen LogP contribution in [0.3, 0.4) is 0 Å². The molecule has 0 aromatic heterocycles. The van der Waals surface area contributed by atoms with Gasteiger partial charge in [0.25, 0.3) is 5.91 Å². The van der Waals surface area contributed by atoms with E-state index in [4.69, 9.17) is 25.8 Å². The van der Waals surface area contributed by atoms with Gasteiger partial charge in [-0.2, -0.15) is 0 Å². The maximum Gasteiger partial charge on any atom is 0.339 e. The number of esters is 1. The summed E-state index contributed by atoms with van der Waals surface area (Å²) in [7, 11) is 4.66. The first kappa shape index (κ1) is 21.6. The topological polar surface area (TPSA) is 65.1 Å². The molecule has 28 heavy (non-hydrogen) atoms. The highest BCUT2D eigenvalue weighted by Crippen LogP contribution is 2.37. The van der Waals surface area contributed by atoms with E-state index >= 15 is 0 Å². The molecule has 0 bridgehead atoms. The number of hydrogen-bond donors (Lipinski definition) is 0. The van der Waals surface area contributed by atoms with Crippen molar-refractivity contribution in [3.8, 4) is 11.5 Å². The van der Waals surface area contributed by atoms with Crippen molar-refractivity contribution in [1.29, 1.82) is 0 Å². The molecule has 1 amide bonds. The van der Waals surface area contributed by atoms with E-state index in [1.807, 2.05) is 19.9 Å². The summed E-state index contributed by atoms with van der Waals surface area (Å²) < 4.78 is 16.5. The van der Waals surface area contributed by atoms with E-state index in [0.29, 0.717) is 17.1 Å². The minimum absolute atomic E-state index is 0.121. The van der Waals surface area contributed by atoms with Crippen LogP contribution in [-0.4, -0.2) is 44.1 Å². The maximum absolute atomic E-state index is 12.8.